The number of carbonyl (C=O) groups excluding carboxylic acids is 2. The van der Waals surface area contributed by atoms with Crippen LogP contribution in [0, 0.1) is 0 Å². The number of fused-ring (bicyclic) bond motifs is 1. The molecule has 0 amide bonds. The lowest BCUT2D eigenvalue weighted by atomic mass is 10.2. The summed E-state index contributed by atoms with van der Waals surface area (Å²) in [7, 11) is 3.29. The third-order valence-corrected chi connectivity index (χ3v) is 9.27. The molecule has 0 radical (unpaired) electrons. The van der Waals surface area contributed by atoms with E-state index in [2.05, 4.69) is 24.8 Å². The molecule has 4 nitrogen and oxygen atoms in total. The Bertz CT molecular complexity index is 1600. The topological polar surface area (TPSA) is 52.6 Å². The van der Waals surface area contributed by atoms with Gasteiger partial charge >= 0.3 is 0 Å². The van der Waals surface area contributed by atoms with Crippen LogP contribution in [0.2, 0.25) is 5.02 Å². The Balaban J connectivity index is 0.000000213. The van der Waals surface area contributed by atoms with Gasteiger partial charge < -0.3 is 9.47 Å². The van der Waals surface area contributed by atoms with E-state index in [0.717, 1.165) is 53.2 Å². The van der Waals surface area contributed by atoms with Crippen molar-refractivity contribution in [1.82, 2.24) is 0 Å². The first kappa shape index (κ1) is 33.6. The minimum absolute atomic E-state index is 0.122. The van der Waals surface area contributed by atoms with Crippen molar-refractivity contribution in [1.29, 1.82) is 0 Å². The van der Waals surface area contributed by atoms with Crippen molar-refractivity contribution in [2.75, 3.05) is 20.0 Å². The Morgan fingerprint density at radius 2 is 1.36 bits per heavy atom. The van der Waals surface area contributed by atoms with Crippen molar-refractivity contribution in [2.24, 2.45) is 0 Å². The van der Waals surface area contributed by atoms with Crippen molar-refractivity contribution in [3.63, 3.8) is 0 Å². The number of benzene rings is 4. The summed E-state index contributed by atoms with van der Waals surface area (Å²) in [6.45, 7) is 3.60. The molecule has 4 aromatic carbocycles. The van der Waals surface area contributed by atoms with E-state index in [-0.39, 0.29) is 5.78 Å². The first-order valence-corrected chi connectivity index (χ1v) is 16.3. The molecule has 218 valence electrons. The van der Waals surface area contributed by atoms with Gasteiger partial charge in [-0.25, -0.2) is 0 Å². The molecule has 0 fully saturated rings. The van der Waals surface area contributed by atoms with E-state index in [9.17, 15) is 9.59 Å². The Hall–Kier alpha value is -2.88. The number of thiophene rings is 1. The molecule has 0 aliphatic rings. The number of carbonyl (C=O) groups is 2. The monoisotopic (exact) mass is 654 g/mol. The van der Waals surface area contributed by atoms with Gasteiger partial charge in [-0.2, -0.15) is 12.6 Å². The molecule has 9 heteroatoms. The molecular formula is C33H31ClO4S4. The number of ketones is 1. The van der Waals surface area contributed by atoms with Gasteiger partial charge in [0.1, 0.15) is 11.5 Å². The van der Waals surface area contributed by atoms with E-state index in [4.69, 9.17) is 21.1 Å². The average molecular weight is 655 g/mol. The molecule has 0 unspecified atom stereocenters. The minimum atomic E-state index is 0.122. The van der Waals surface area contributed by atoms with Crippen LogP contribution in [0.5, 0.6) is 11.5 Å². The fourth-order valence-corrected chi connectivity index (χ4v) is 6.77. The number of rotatable bonds is 8. The third-order valence-electron chi connectivity index (χ3n) is 5.57. The molecule has 0 bridgehead atoms. The second kappa shape index (κ2) is 17.3. The summed E-state index contributed by atoms with van der Waals surface area (Å²) in [6.07, 6.45) is 0.786. The zero-order valence-corrected chi connectivity index (χ0v) is 27.7. The highest BCUT2D eigenvalue weighted by molar-refractivity contribution is 7.99. The smallest absolute Gasteiger partial charge is 0.169 e. The van der Waals surface area contributed by atoms with Crippen molar-refractivity contribution in [2.45, 2.75) is 33.4 Å². The van der Waals surface area contributed by atoms with Crippen molar-refractivity contribution < 1.29 is 19.1 Å². The van der Waals surface area contributed by atoms with Crippen LogP contribution in [-0.2, 0) is 0 Å². The molecule has 0 saturated heterocycles. The number of aldehydes is 1. The highest BCUT2D eigenvalue weighted by atomic mass is 35.5. The van der Waals surface area contributed by atoms with E-state index >= 15 is 0 Å². The molecule has 0 saturated carbocycles. The maximum atomic E-state index is 11.5. The molecule has 0 atom stereocenters. The Labute approximate surface area is 270 Å². The van der Waals surface area contributed by atoms with Crippen molar-refractivity contribution in [3.8, 4) is 11.5 Å². The van der Waals surface area contributed by atoms with Gasteiger partial charge in [-0.3, -0.25) is 9.59 Å². The number of thiol groups is 1. The second-order valence-corrected chi connectivity index (χ2v) is 12.8. The summed E-state index contributed by atoms with van der Waals surface area (Å²) in [5, 5.41) is 1.62. The van der Waals surface area contributed by atoms with Gasteiger partial charge in [0.15, 0.2) is 12.1 Å². The van der Waals surface area contributed by atoms with Gasteiger partial charge in [0.05, 0.1) is 24.1 Å². The molecule has 1 aromatic heterocycles. The van der Waals surface area contributed by atoms with E-state index in [1.165, 1.54) is 16.7 Å². The highest BCUT2D eigenvalue weighted by Gasteiger charge is 2.10. The van der Waals surface area contributed by atoms with Crippen molar-refractivity contribution >= 4 is 81.2 Å². The van der Waals surface area contributed by atoms with Crippen LogP contribution in [0.25, 0.3) is 10.1 Å². The molecule has 0 aliphatic carbocycles. The van der Waals surface area contributed by atoms with Crippen LogP contribution in [0.3, 0.4) is 0 Å². The second-order valence-electron chi connectivity index (χ2n) is 8.48. The fourth-order valence-electron chi connectivity index (χ4n) is 3.56. The number of ether oxygens (including phenoxy) is 2. The summed E-state index contributed by atoms with van der Waals surface area (Å²) >= 11 is 14.5. The van der Waals surface area contributed by atoms with E-state index < -0.39 is 0 Å². The zero-order chi connectivity index (χ0) is 30.5. The predicted molar refractivity (Wildman–Crippen MR) is 182 cm³/mol. The summed E-state index contributed by atoms with van der Waals surface area (Å²) < 4.78 is 11.4. The Morgan fingerprint density at radius 1 is 0.857 bits per heavy atom. The zero-order valence-electron chi connectivity index (χ0n) is 23.6. The maximum Gasteiger partial charge on any atom is 0.169 e. The molecule has 1 heterocycles. The molecule has 0 aliphatic heterocycles. The largest absolute Gasteiger partial charge is 0.497 e. The summed E-state index contributed by atoms with van der Waals surface area (Å²) in [4.78, 5) is 27.6. The van der Waals surface area contributed by atoms with Crippen molar-refractivity contribution in [3.05, 3.63) is 106 Å². The maximum absolute atomic E-state index is 11.5. The van der Waals surface area contributed by atoms with Crippen LogP contribution in [0.15, 0.2) is 111 Å². The molecular weight excluding hydrogens is 624 g/mol. The number of hydrogen-bond acceptors (Lipinski definition) is 8. The van der Waals surface area contributed by atoms with Gasteiger partial charge in [0.25, 0.3) is 0 Å². The van der Waals surface area contributed by atoms with Crippen LogP contribution >= 0.6 is 59.1 Å². The molecule has 5 aromatic rings. The number of halogens is 1. The van der Waals surface area contributed by atoms with Crippen LogP contribution in [-0.4, -0.2) is 32.0 Å². The highest BCUT2D eigenvalue weighted by Crippen LogP contribution is 2.38. The number of hydrogen-bond donors (Lipinski definition) is 1. The first-order chi connectivity index (χ1) is 20.3. The summed E-state index contributed by atoms with van der Waals surface area (Å²) in [6, 6.07) is 29.3. The molecule has 42 heavy (non-hydrogen) atoms. The number of Topliss-reactive ketones (excluding diaryl/α,β-unsaturated/α-hetero) is 1. The standard InChI is InChI=1S/C17H14O2S2.C14H11ClO2S.C2H6S/c1-11(18)17-10-14-15(4-3-5-16(14)21-17)20-13-8-6-12(19-2)7-9-13;1-17-10-5-7-11(8-6-10)18-14-4-2-3-13(15)12(14)9-16;1-2-3/h3-10H,1-2H3;2-9H,1H3;3H,2H2,1H3. The lowest BCUT2D eigenvalue weighted by Crippen LogP contribution is -1.87. The van der Waals surface area contributed by atoms with Crippen LogP contribution in [0.1, 0.15) is 33.9 Å². The quantitative estimate of drug-likeness (QED) is 0.102. The van der Waals surface area contributed by atoms with E-state index in [1.807, 2.05) is 79.7 Å². The van der Waals surface area contributed by atoms with Gasteiger partial charge in [-0.05, 0) is 91.5 Å². The van der Waals surface area contributed by atoms with Crippen LogP contribution in [0.4, 0.5) is 0 Å². The lowest BCUT2D eigenvalue weighted by Gasteiger charge is -2.06. The normalized spacial score (nSPS) is 10.1. The summed E-state index contributed by atoms with van der Waals surface area (Å²) in [5.74, 6) is 2.73. The fraction of sp³-hybridized carbons (Fsp3) is 0.152. The molecule has 5 rings (SSSR count). The third kappa shape index (κ3) is 9.57. The van der Waals surface area contributed by atoms with E-state index in [0.29, 0.717) is 10.6 Å². The first-order valence-electron chi connectivity index (χ1n) is 12.8. The number of methoxy groups -OCH3 is 2. The van der Waals surface area contributed by atoms with Gasteiger partial charge in [0, 0.05) is 35.2 Å². The van der Waals surface area contributed by atoms with E-state index in [1.54, 1.807) is 50.3 Å². The minimum Gasteiger partial charge on any atom is -0.497 e. The lowest BCUT2D eigenvalue weighted by molar-refractivity contribution is 0.102. The Kier molecular flexibility index (Phi) is 13.8. The summed E-state index contributed by atoms with van der Waals surface area (Å²) in [5.41, 5.74) is 0.528. The van der Waals surface area contributed by atoms with Crippen LogP contribution < -0.4 is 9.47 Å². The molecule has 0 N–H and O–H groups in total. The van der Waals surface area contributed by atoms with Gasteiger partial charge in [-0.1, -0.05) is 54.2 Å². The molecule has 0 spiro atoms. The average Bonchev–Trinajstić information content (AvgIpc) is 3.45. The van der Waals surface area contributed by atoms with Gasteiger partial charge in [-0.15, -0.1) is 11.3 Å². The predicted octanol–water partition coefficient (Wildman–Crippen LogP) is 10.5. The van der Waals surface area contributed by atoms with Gasteiger partial charge in [0.2, 0.25) is 0 Å². The Morgan fingerprint density at radius 3 is 1.86 bits per heavy atom. The SMILES string of the molecule is CCS.COc1ccc(Sc2cccc(Cl)c2C=O)cc1.COc1ccc(Sc2cccc3sc(C(C)=O)cc23)cc1.